The normalized spacial score (nSPS) is 13.9. The Hall–Kier alpha value is -3.38. The zero-order chi connectivity index (χ0) is 21.1. The van der Waals surface area contributed by atoms with Crippen molar-refractivity contribution in [3.63, 3.8) is 0 Å². The maximum Gasteiger partial charge on any atom is 0.283 e. The first-order chi connectivity index (χ1) is 14.6. The zero-order valence-electron chi connectivity index (χ0n) is 16.3. The second-order valence-electron chi connectivity index (χ2n) is 6.57. The number of hydrogen-bond acceptors (Lipinski definition) is 4. The maximum absolute atomic E-state index is 14.5. The quantitative estimate of drug-likeness (QED) is 0.514. The first-order valence-electron chi connectivity index (χ1n) is 9.55. The molecule has 0 aliphatic carbocycles. The van der Waals surface area contributed by atoms with Gasteiger partial charge in [0, 0.05) is 17.1 Å². The number of rotatable bonds is 6. The molecular weight excluding hydrogens is 399 g/mol. The van der Waals surface area contributed by atoms with E-state index >= 15 is 0 Å². The van der Waals surface area contributed by atoms with Crippen LogP contribution < -0.4 is 9.80 Å². The molecule has 3 aromatic carbocycles. The van der Waals surface area contributed by atoms with Gasteiger partial charge >= 0.3 is 0 Å². The summed E-state index contributed by atoms with van der Waals surface area (Å²) < 4.78 is 14.5. The van der Waals surface area contributed by atoms with Crippen LogP contribution in [0.25, 0.3) is 0 Å². The Balaban J connectivity index is 1.85. The fourth-order valence-electron chi connectivity index (χ4n) is 3.36. The molecule has 1 aliphatic rings. The minimum absolute atomic E-state index is 0.0437. The lowest BCUT2D eigenvalue weighted by molar-refractivity contribution is -0.120. The van der Waals surface area contributed by atoms with Gasteiger partial charge in [-0.3, -0.25) is 9.59 Å². The van der Waals surface area contributed by atoms with Crippen molar-refractivity contribution in [1.29, 1.82) is 0 Å². The Morgan fingerprint density at radius 2 is 1.43 bits per heavy atom. The lowest BCUT2D eigenvalue weighted by Crippen LogP contribution is -2.35. The molecule has 150 valence electrons. The van der Waals surface area contributed by atoms with Crippen LogP contribution in [-0.2, 0) is 9.59 Å². The molecule has 2 amide bonds. The van der Waals surface area contributed by atoms with Gasteiger partial charge in [-0.05, 0) is 43.3 Å². The Labute approximate surface area is 178 Å². The molecule has 0 aromatic heterocycles. The Morgan fingerprint density at radius 3 is 2.07 bits per heavy atom. The monoisotopic (exact) mass is 418 g/mol. The van der Waals surface area contributed by atoms with Crippen molar-refractivity contribution >= 4 is 35.0 Å². The number of para-hydroxylation sites is 2. The summed E-state index contributed by atoms with van der Waals surface area (Å²) in [5.74, 6) is -1.68. The first-order valence-corrected chi connectivity index (χ1v) is 10.4. The summed E-state index contributed by atoms with van der Waals surface area (Å²) in [6.07, 6.45) is 0. The molecule has 0 saturated carbocycles. The molecule has 4 nitrogen and oxygen atoms in total. The molecule has 0 bridgehead atoms. The van der Waals surface area contributed by atoms with Gasteiger partial charge in [0.15, 0.2) is 0 Å². The van der Waals surface area contributed by atoms with Gasteiger partial charge in [0.2, 0.25) is 0 Å². The molecule has 4 rings (SSSR count). The second-order valence-corrected chi connectivity index (χ2v) is 7.65. The molecule has 1 heterocycles. The van der Waals surface area contributed by atoms with Crippen molar-refractivity contribution in [2.24, 2.45) is 0 Å². The number of imide groups is 1. The molecule has 0 spiro atoms. The molecule has 6 heteroatoms. The molecule has 0 saturated heterocycles. The topological polar surface area (TPSA) is 40.6 Å². The molecule has 0 unspecified atom stereocenters. The molecule has 0 atom stereocenters. The number of thioether (sulfide) groups is 1. The van der Waals surface area contributed by atoms with Crippen LogP contribution in [0.2, 0.25) is 0 Å². The van der Waals surface area contributed by atoms with Gasteiger partial charge in [0.25, 0.3) is 11.8 Å². The SMILES string of the molecule is CCN(C1=C(Sc2ccccc2)C(=O)N(c2ccccc2F)C1=O)c1ccccc1. The van der Waals surface area contributed by atoms with Gasteiger partial charge in [-0.15, -0.1) is 0 Å². The summed E-state index contributed by atoms with van der Waals surface area (Å²) in [4.78, 5) is 30.7. The van der Waals surface area contributed by atoms with Gasteiger partial charge in [0.05, 0.1) is 5.69 Å². The predicted octanol–water partition coefficient (Wildman–Crippen LogP) is 5.23. The highest BCUT2D eigenvalue weighted by Gasteiger charge is 2.43. The van der Waals surface area contributed by atoms with Gasteiger partial charge in [-0.1, -0.05) is 60.3 Å². The van der Waals surface area contributed by atoms with E-state index in [-0.39, 0.29) is 16.3 Å². The molecule has 30 heavy (non-hydrogen) atoms. The minimum atomic E-state index is -0.618. The average molecular weight is 418 g/mol. The van der Waals surface area contributed by atoms with E-state index in [0.29, 0.717) is 6.54 Å². The Morgan fingerprint density at radius 1 is 0.833 bits per heavy atom. The van der Waals surface area contributed by atoms with E-state index in [1.54, 1.807) is 11.0 Å². The van der Waals surface area contributed by atoms with Crippen molar-refractivity contribution in [2.45, 2.75) is 11.8 Å². The summed E-state index contributed by atoms with van der Waals surface area (Å²) in [5, 5.41) is 0. The lowest BCUT2D eigenvalue weighted by atomic mass is 10.2. The second kappa shape index (κ2) is 8.55. The van der Waals surface area contributed by atoms with Crippen LogP contribution in [0.3, 0.4) is 0 Å². The van der Waals surface area contributed by atoms with Gasteiger partial charge in [-0.25, -0.2) is 9.29 Å². The van der Waals surface area contributed by atoms with Crippen LogP contribution in [0.4, 0.5) is 15.8 Å². The van der Waals surface area contributed by atoms with Crippen LogP contribution in [0, 0.1) is 5.82 Å². The number of nitrogens with zero attached hydrogens (tertiary/aromatic N) is 2. The van der Waals surface area contributed by atoms with Crippen molar-refractivity contribution in [1.82, 2.24) is 0 Å². The first kappa shape index (κ1) is 19.9. The van der Waals surface area contributed by atoms with Gasteiger partial charge in [-0.2, -0.15) is 0 Å². The summed E-state index contributed by atoms with van der Waals surface area (Å²) in [6, 6.07) is 24.6. The highest BCUT2D eigenvalue weighted by atomic mass is 32.2. The summed E-state index contributed by atoms with van der Waals surface area (Å²) in [5.41, 5.74) is 1.00. The third-order valence-electron chi connectivity index (χ3n) is 4.73. The fraction of sp³-hybridized carbons (Fsp3) is 0.0833. The highest BCUT2D eigenvalue weighted by molar-refractivity contribution is 8.04. The van der Waals surface area contributed by atoms with Crippen LogP contribution in [-0.4, -0.2) is 18.4 Å². The van der Waals surface area contributed by atoms with Crippen LogP contribution in [0.15, 0.2) is 100 Å². The number of carbonyl (C=O) groups is 2. The molecule has 0 N–H and O–H groups in total. The van der Waals surface area contributed by atoms with Gasteiger partial charge in [0.1, 0.15) is 16.4 Å². The number of anilines is 2. The van der Waals surface area contributed by atoms with Crippen LogP contribution in [0.5, 0.6) is 0 Å². The number of hydrogen-bond donors (Lipinski definition) is 0. The van der Waals surface area contributed by atoms with E-state index in [4.69, 9.17) is 0 Å². The lowest BCUT2D eigenvalue weighted by Gasteiger charge is -2.24. The molecule has 3 aromatic rings. The van der Waals surface area contributed by atoms with Gasteiger partial charge < -0.3 is 4.90 Å². The van der Waals surface area contributed by atoms with E-state index in [9.17, 15) is 14.0 Å². The van der Waals surface area contributed by atoms with Crippen LogP contribution >= 0.6 is 11.8 Å². The smallest absolute Gasteiger partial charge is 0.283 e. The molecule has 1 aliphatic heterocycles. The van der Waals surface area contributed by atoms with E-state index in [0.717, 1.165) is 15.5 Å². The average Bonchev–Trinajstić information content (AvgIpc) is 3.01. The number of halogens is 1. The molecule has 0 radical (unpaired) electrons. The minimum Gasteiger partial charge on any atom is -0.336 e. The number of benzene rings is 3. The van der Waals surface area contributed by atoms with E-state index in [1.165, 1.54) is 30.0 Å². The molecule has 0 fully saturated rings. The molecular formula is C24H19FN2O2S. The van der Waals surface area contributed by atoms with Crippen molar-refractivity contribution in [3.8, 4) is 0 Å². The van der Waals surface area contributed by atoms with Crippen molar-refractivity contribution in [2.75, 3.05) is 16.3 Å². The Kier molecular flexibility index (Phi) is 5.68. The third-order valence-corrected chi connectivity index (χ3v) is 5.81. The van der Waals surface area contributed by atoms with E-state index < -0.39 is 17.6 Å². The highest BCUT2D eigenvalue weighted by Crippen LogP contribution is 2.40. The van der Waals surface area contributed by atoms with Crippen molar-refractivity contribution < 1.29 is 14.0 Å². The van der Waals surface area contributed by atoms with E-state index in [2.05, 4.69) is 0 Å². The number of amides is 2. The summed E-state index contributed by atoms with van der Waals surface area (Å²) >= 11 is 1.22. The van der Waals surface area contributed by atoms with E-state index in [1.807, 2.05) is 67.6 Å². The number of likely N-dealkylation sites (N-methyl/N-ethyl adjacent to an activating group) is 1. The number of carbonyl (C=O) groups excluding carboxylic acids is 2. The standard InChI is InChI=1S/C24H19FN2O2S/c1-2-26(17-11-5-3-6-12-17)21-22(30-18-13-7-4-8-14-18)24(29)27(23(21)28)20-16-10-9-15-19(20)25/h3-16H,2H2,1H3. The maximum atomic E-state index is 14.5. The fourth-order valence-corrected chi connectivity index (χ4v) is 4.37. The summed E-state index contributed by atoms with van der Waals surface area (Å²) in [7, 11) is 0. The predicted molar refractivity (Wildman–Crippen MR) is 118 cm³/mol. The zero-order valence-corrected chi connectivity index (χ0v) is 17.1. The van der Waals surface area contributed by atoms with Crippen LogP contribution in [0.1, 0.15) is 6.92 Å². The summed E-state index contributed by atoms with van der Waals surface area (Å²) in [6.45, 7) is 2.39. The Bertz CT molecular complexity index is 1120. The largest absolute Gasteiger partial charge is 0.336 e. The van der Waals surface area contributed by atoms with Crippen molar-refractivity contribution in [3.05, 3.63) is 101 Å². The third kappa shape index (κ3) is 3.62.